The van der Waals surface area contributed by atoms with Crippen molar-refractivity contribution in [1.82, 2.24) is 16.0 Å². The van der Waals surface area contributed by atoms with Gasteiger partial charge in [0, 0.05) is 97.5 Å². The van der Waals surface area contributed by atoms with Crippen molar-refractivity contribution in [3.8, 4) is 35.5 Å². The van der Waals surface area contributed by atoms with E-state index in [1.54, 1.807) is 14.7 Å². The lowest BCUT2D eigenvalue weighted by Gasteiger charge is -2.26. The summed E-state index contributed by atoms with van der Waals surface area (Å²) in [4.78, 5) is 83.5. The fraction of sp³-hybridized carbons (Fsp3) is 0.473. The molecule has 6 amide bonds. The zero-order valence-corrected chi connectivity index (χ0v) is 67.5. The fourth-order valence-electron chi connectivity index (χ4n) is 12.3. The number of nitrogens with zero attached hydrogens (tertiary/aromatic N) is 3. The van der Waals surface area contributed by atoms with Crippen LogP contribution < -0.4 is 30.7 Å². The van der Waals surface area contributed by atoms with Crippen LogP contribution in [0.1, 0.15) is 88.6 Å². The van der Waals surface area contributed by atoms with Crippen molar-refractivity contribution in [1.29, 1.82) is 0 Å². The van der Waals surface area contributed by atoms with Gasteiger partial charge in [-0.25, -0.2) is 0 Å². The summed E-state index contributed by atoms with van der Waals surface area (Å²) >= 11 is 0. The van der Waals surface area contributed by atoms with E-state index in [4.69, 9.17) is 71.1 Å². The Hall–Kier alpha value is -9.78. The van der Waals surface area contributed by atoms with Crippen molar-refractivity contribution in [3.05, 3.63) is 196 Å². The van der Waals surface area contributed by atoms with Gasteiger partial charge in [-0.3, -0.25) is 28.8 Å². The number of hydrogen-bond donors (Lipinski definition) is 3. The molecule has 0 spiro atoms. The van der Waals surface area contributed by atoms with Crippen molar-refractivity contribution in [2.24, 2.45) is 5.92 Å². The van der Waals surface area contributed by atoms with Gasteiger partial charge in [0.05, 0.1) is 235 Å². The molecule has 6 aromatic rings. The normalized spacial score (nSPS) is 12.3. The zero-order valence-electron chi connectivity index (χ0n) is 67.5. The van der Waals surface area contributed by atoms with Gasteiger partial charge in [0.15, 0.2) is 0 Å². The van der Waals surface area contributed by atoms with E-state index >= 15 is 0 Å². The summed E-state index contributed by atoms with van der Waals surface area (Å²) in [5.74, 6) is 18.1. The largest absolute Gasteiger partial charge is 0.379 e. The van der Waals surface area contributed by atoms with Crippen LogP contribution in [-0.2, 0) is 119 Å². The Labute approximate surface area is 692 Å². The lowest BCUT2D eigenvalue weighted by molar-refractivity contribution is -0.125. The van der Waals surface area contributed by atoms with Gasteiger partial charge in [0.2, 0.25) is 35.4 Å². The van der Waals surface area contributed by atoms with Crippen LogP contribution in [0, 0.1) is 41.4 Å². The third-order valence-electron chi connectivity index (χ3n) is 18.4. The molecule has 3 N–H and O–H groups in total. The molecule has 118 heavy (non-hydrogen) atoms. The Morgan fingerprint density at radius 2 is 0.441 bits per heavy atom. The van der Waals surface area contributed by atoms with E-state index in [1.165, 1.54) is 0 Å². The number of rotatable bonds is 60. The monoisotopic (exact) mass is 1620 g/mol. The number of benzene rings is 6. The van der Waals surface area contributed by atoms with Crippen LogP contribution >= 0.6 is 0 Å². The van der Waals surface area contributed by atoms with E-state index in [0.717, 1.165) is 67.1 Å². The van der Waals surface area contributed by atoms with Crippen LogP contribution in [-0.4, -0.2) is 253 Å². The molecule has 0 unspecified atom stereocenters. The molecule has 0 atom stereocenters. The molecule has 9 rings (SSSR count). The van der Waals surface area contributed by atoms with Gasteiger partial charge in [-0.15, -0.1) is 0 Å². The van der Waals surface area contributed by atoms with Gasteiger partial charge >= 0.3 is 0 Å². The minimum atomic E-state index is -0.227. The first kappa shape index (κ1) is 92.1. The average molecular weight is 1630 g/mol. The highest BCUT2D eigenvalue weighted by molar-refractivity contribution is 5.99. The number of fused-ring (bicyclic) bond motifs is 6. The van der Waals surface area contributed by atoms with Crippen LogP contribution in [0.25, 0.3) is 0 Å². The van der Waals surface area contributed by atoms with Crippen LogP contribution in [0.5, 0.6) is 0 Å². The number of hydrogen-bond acceptors (Lipinski definition) is 21. The van der Waals surface area contributed by atoms with Gasteiger partial charge in [-0.2, -0.15) is 0 Å². The molecule has 3 aliphatic rings. The molecule has 27 heteroatoms. The molecule has 0 saturated carbocycles. The molecule has 3 heterocycles. The lowest BCUT2D eigenvalue weighted by Crippen LogP contribution is -2.34. The van der Waals surface area contributed by atoms with E-state index in [-0.39, 0.29) is 79.9 Å². The molecule has 0 radical (unpaired) electrons. The van der Waals surface area contributed by atoms with Crippen molar-refractivity contribution in [2.45, 2.75) is 58.2 Å². The molecule has 3 aliphatic heterocycles. The number of nitrogens with one attached hydrogen (secondary N) is 3. The number of carbonyl (C=O) groups excluding carboxylic acids is 6. The zero-order chi connectivity index (χ0) is 82.3. The summed E-state index contributed by atoms with van der Waals surface area (Å²) in [6.07, 6.45) is 0.337. The summed E-state index contributed by atoms with van der Waals surface area (Å²) in [7, 11) is 0. The lowest BCUT2D eigenvalue weighted by atomic mass is 10.0. The predicted molar refractivity (Wildman–Crippen MR) is 443 cm³/mol. The first-order chi connectivity index (χ1) is 58.2. The maximum atomic E-state index is 13.5. The van der Waals surface area contributed by atoms with Crippen molar-refractivity contribution in [3.63, 3.8) is 0 Å². The topological polar surface area (TPSA) is 287 Å². The Balaban J connectivity index is 0.546. The van der Waals surface area contributed by atoms with E-state index in [0.29, 0.717) is 237 Å². The molecular formula is C91H112N6O21. The number of anilines is 3. The number of amides is 6. The van der Waals surface area contributed by atoms with Gasteiger partial charge in [-0.05, 0) is 71.3 Å². The summed E-state index contributed by atoms with van der Waals surface area (Å²) in [5.41, 5.74) is 9.99. The Morgan fingerprint density at radius 3 is 0.686 bits per heavy atom. The van der Waals surface area contributed by atoms with Crippen molar-refractivity contribution < 1.29 is 99.8 Å². The van der Waals surface area contributed by atoms with E-state index in [2.05, 4.69) is 51.5 Å². The average Bonchev–Trinajstić information content (AvgIpc) is 0.816. The molecule has 0 aliphatic carbocycles. The quantitative estimate of drug-likeness (QED) is 0.0248. The number of carbonyl (C=O) groups is 6. The van der Waals surface area contributed by atoms with Crippen molar-refractivity contribution >= 4 is 52.5 Å². The van der Waals surface area contributed by atoms with E-state index < -0.39 is 0 Å². The summed E-state index contributed by atoms with van der Waals surface area (Å²) in [5, 5.41) is 8.49. The van der Waals surface area contributed by atoms with Gasteiger partial charge in [0.1, 0.15) is 0 Å². The SMILES string of the molecule is O=C(CCC(=O)N1Cc2ccccc2C#Cc2ccccc21)NCCOCCOCCOCCOCCOCC(COCCOCCOCCOCCOCCNC(=O)CCC(=O)N1Cc2ccccc2C#Cc2ccccc21)COCCOCCOCCOCCOCCNC(=O)CCC(=O)N1Cc2ccccc2C#Cc2ccccc21. The van der Waals surface area contributed by atoms with Gasteiger partial charge < -0.3 is 102 Å². The van der Waals surface area contributed by atoms with Crippen LogP contribution in [0.15, 0.2) is 146 Å². The minimum Gasteiger partial charge on any atom is -0.379 e. The highest BCUT2D eigenvalue weighted by Crippen LogP contribution is 2.30. The third-order valence-corrected chi connectivity index (χ3v) is 18.4. The maximum absolute atomic E-state index is 13.5. The molecule has 0 aromatic heterocycles. The predicted octanol–water partition coefficient (Wildman–Crippen LogP) is 7.38. The highest BCUT2D eigenvalue weighted by Gasteiger charge is 2.26. The van der Waals surface area contributed by atoms with Gasteiger partial charge in [-0.1, -0.05) is 127 Å². The molecular weight excluding hydrogens is 1510 g/mol. The molecule has 0 saturated heterocycles. The highest BCUT2D eigenvalue weighted by atomic mass is 16.6. The van der Waals surface area contributed by atoms with E-state index in [1.807, 2.05) is 146 Å². The first-order valence-electron chi connectivity index (χ1n) is 40.6. The van der Waals surface area contributed by atoms with Gasteiger partial charge in [0.25, 0.3) is 0 Å². The Kier molecular flexibility index (Phi) is 44.2. The summed E-state index contributed by atoms with van der Waals surface area (Å²) in [6, 6.07) is 46.0. The summed E-state index contributed by atoms with van der Waals surface area (Å²) < 4.78 is 85.8. The first-order valence-corrected chi connectivity index (χ1v) is 40.6. The van der Waals surface area contributed by atoms with Crippen LogP contribution in [0.4, 0.5) is 17.1 Å². The van der Waals surface area contributed by atoms with E-state index in [9.17, 15) is 28.8 Å². The molecule has 632 valence electrons. The van der Waals surface area contributed by atoms with Crippen molar-refractivity contribution in [2.75, 3.05) is 233 Å². The summed E-state index contributed by atoms with van der Waals surface area (Å²) in [6.45, 7) is 13.1. The number of ether oxygens (including phenoxy) is 15. The third kappa shape index (κ3) is 35.4. The molecule has 0 bridgehead atoms. The number of para-hydroxylation sites is 3. The second kappa shape index (κ2) is 56.6. The standard InChI is InChI=1S/C91H112N6O21/c98-86(31-34-89(101)95-67-80-19-4-1-13-74(80)25-28-77-16-7-10-22-83(77)95)92-37-40-104-43-46-107-49-52-110-55-58-113-61-64-116-70-73(71-117-65-62-114-59-56-111-53-50-108-47-44-105-41-38-93-87(99)32-35-90(102)96-68-81-20-5-2-14-75(81)26-29-78-17-8-11-23-84(78)96)72-118-66-63-115-60-57-112-54-51-109-48-45-106-42-39-94-88(100)33-36-91(103)97-69-82-21-6-3-15-76(82)27-30-79-18-9-12-24-85(79)97/h1-24,73H,31-72H2,(H,92,98)(H,93,99)(H,94,100). The molecule has 0 fully saturated rings. The smallest absolute Gasteiger partial charge is 0.227 e. The molecule has 27 nitrogen and oxygen atoms in total. The maximum Gasteiger partial charge on any atom is 0.227 e. The van der Waals surface area contributed by atoms with Crippen LogP contribution in [0.2, 0.25) is 0 Å². The second-order valence-corrected chi connectivity index (χ2v) is 27.2. The fourth-order valence-corrected chi connectivity index (χ4v) is 12.3. The minimum absolute atomic E-state index is 0.0545. The molecule has 6 aromatic carbocycles. The second-order valence-electron chi connectivity index (χ2n) is 27.2. The van der Waals surface area contributed by atoms with Crippen LogP contribution in [0.3, 0.4) is 0 Å². The Bertz CT molecular complexity index is 3800. The Morgan fingerprint density at radius 1 is 0.246 bits per heavy atom.